The molecule has 2 aromatic carbocycles. The van der Waals surface area contributed by atoms with Crippen molar-refractivity contribution in [1.82, 2.24) is 15.1 Å². The number of carbonyl (C=O) groups is 1. The van der Waals surface area contributed by atoms with Crippen LogP contribution in [-0.2, 0) is 0 Å². The minimum absolute atomic E-state index is 0.160. The number of aliphatic imine (C=N–C) groups is 1. The molecule has 0 radical (unpaired) electrons. The van der Waals surface area contributed by atoms with Crippen LogP contribution in [0.3, 0.4) is 0 Å². The summed E-state index contributed by atoms with van der Waals surface area (Å²) in [5.74, 6) is 1.19. The van der Waals surface area contributed by atoms with Crippen LogP contribution in [0.5, 0.6) is 5.75 Å². The van der Waals surface area contributed by atoms with Gasteiger partial charge in [0.25, 0.3) is 5.91 Å². The summed E-state index contributed by atoms with van der Waals surface area (Å²) >= 11 is 0. The molecule has 0 atom stereocenters. The molecule has 0 unspecified atom stereocenters. The Hall–Kier alpha value is -2.86. The van der Waals surface area contributed by atoms with Gasteiger partial charge in [-0.05, 0) is 49.2 Å². The third kappa shape index (κ3) is 5.64. The van der Waals surface area contributed by atoms with E-state index in [0.717, 1.165) is 43.7 Å². The third-order valence-electron chi connectivity index (χ3n) is 6.27. The van der Waals surface area contributed by atoms with Gasteiger partial charge in [0.15, 0.2) is 0 Å². The summed E-state index contributed by atoms with van der Waals surface area (Å²) in [5.41, 5.74) is 1.42. The Morgan fingerprint density at radius 1 is 0.935 bits per heavy atom. The number of nitrogens with one attached hydrogen (secondary N) is 1. The van der Waals surface area contributed by atoms with Crippen LogP contribution in [0.25, 0.3) is 0 Å². The summed E-state index contributed by atoms with van der Waals surface area (Å²) in [4.78, 5) is 22.5. The van der Waals surface area contributed by atoms with E-state index in [0.29, 0.717) is 11.5 Å². The van der Waals surface area contributed by atoms with Crippen molar-refractivity contribution in [2.75, 3.05) is 33.3 Å². The van der Waals surface area contributed by atoms with Crippen LogP contribution < -0.4 is 10.1 Å². The van der Waals surface area contributed by atoms with Crippen LogP contribution in [0.2, 0.25) is 0 Å². The predicted octanol–water partition coefficient (Wildman–Crippen LogP) is 4.06. The average molecular weight is 421 g/mol. The lowest BCUT2D eigenvalue weighted by Gasteiger charge is -2.41. The molecule has 4 rings (SSSR count). The second kappa shape index (κ2) is 10.4. The third-order valence-corrected chi connectivity index (χ3v) is 6.27. The first-order valence-corrected chi connectivity index (χ1v) is 11.3. The minimum Gasteiger partial charge on any atom is -0.497 e. The highest BCUT2D eigenvalue weighted by molar-refractivity contribution is 6.06. The molecule has 1 saturated carbocycles. The number of nitrogens with zero attached hydrogens (tertiary/aromatic N) is 3. The van der Waals surface area contributed by atoms with E-state index in [2.05, 4.69) is 15.1 Å². The van der Waals surface area contributed by atoms with Gasteiger partial charge in [0.05, 0.1) is 12.8 Å². The number of para-hydroxylation sites is 1. The molecule has 1 aliphatic carbocycles. The summed E-state index contributed by atoms with van der Waals surface area (Å²) < 4.78 is 5.20. The number of rotatable bonds is 4. The van der Waals surface area contributed by atoms with E-state index in [9.17, 15) is 4.79 Å². The maximum absolute atomic E-state index is 12.9. The Morgan fingerprint density at radius 3 is 2.26 bits per heavy atom. The van der Waals surface area contributed by atoms with E-state index >= 15 is 0 Å². The zero-order valence-corrected chi connectivity index (χ0v) is 18.3. The number of amides is 1. The Balaban J connectivity index is 1.47. The number of carbonyl (C=O) groups excluding carboxylic acids is 1. The molecule has 164 valence electrons. The molecule has 1 saturated heterocycles. The largest absolute Gasteiger partial charge is 0.497 e. The Bertz CT molecular complexity index is 868. The van der Waals surface area contributed by atoms with Crippen molar-refractivity contribution in [3.63, 3.8) is 0 Å². The first kappa shape index (κ1) is 21.4. The van der Waals surface area contributed by atoms with Gasteiger partial charge in [-0.2, -0.15) is 0 Å². The van der Waals surface area contributed by atoms with Gasteiger partial charge in [0.1, 0.15) is 5.75 Å². The van der Waals surface area contributed by atoms with Crippen molar-refractivity contribution in [2.45, 2.75) is 38.1 Å². The van der Waals surface area contributed by atoms with E-state index in [-0.39, 0.29) is 5.91 Å². The molecule has 31 heavy (non-hydrogen) atoms. The van der Waals surface area contributed by atoms with E-state index in [1.54, 1.807) is 31.4 Å². The lowest BCUT2D eigenvalue weighted by Crippen LogP contribution is -2.55. The van der Waals surface area contributed by atoms with Crippen molar-refractivity contribution in [3.05, 3.63) is 60.2 Å². The number of piperazine rings is 1. The number of benzene rings is 2. The summed E-state index contributed by atoms with van der Waals surface area (Å²) in [6.07, 6.45) is 6.72. The molecule has 1 heterocycles. The minimum atomic E-state index is -0.160. The first-order valence-electron chi connectivity index (χ1n) is 11.3. The molecular formula is C25H32N4O2. The van der Waals surface area contributed by atoms with E-state index < -0.39 is 0 Å². The van der Waals surface area contributed by atoms with Gasteiger partial charge in [-0.3, -0.25) is 15.0 Å². The van der Waals surface area contributed by atoms with Crippen LogP contribution in [-0.4, -0.2) is 61.0 Å². The van der Waals surface area contributed by atoms with E-state index in [4.69, 9.17) is 9.73 Å². The van der Waals surface area contributed by atoms with Gasteiger partial charge >= 0.3 is 0 Å². The molecule has 0 aromatic heterocycles. The molecule has 0 spiro atoms. The summed E-state index contributed by atoms with van der Waals surface area (Å²) in [6, 6.07) is 17.7. The number of guanidine groups is 1. The molecule has 2 fully saturated rings. The molecule has 6 nitrogen and oxygen atoms in total. The summed E-state index contributed by atoms with van der Waals surface area (Å²) in [5, 5.41) is 3.06. The van der Waals surface area contributed by atoms with Crippen LogP contribution >= 0.6 is 0 Å². The SMILES string of the molecule is COc1ccc(C(=O)NC(=Nc2ccccc2)N2CCN(C3CCCCC3)CC2)cc1. The maximum atomic E-state index is 12.9. The number of hydrogen-bond acceptors (Lipinski definition) is 4. The second-order valence-corrected chi connectivity index (χ2v) is 8.27. The molecule has 2 aliphatic rings. The van der Waals surface area contributed by atoms with Crippen molar-refractivity contribution in [2.24, 2.45) is 4.99 Å². The quantitative estimate of drug-likeness (QED) is 0.599. The smallest absolute Gasteiger partial charge is 0.257 e. The van der Waals surface area contributed by atoms with Gasteiger partial charge in [0.2, 0.25) is 5.96 Å². The normalized spacial score (nSPS) is 18.6. The molecule has 0 bridgehead atoms. The van der Waals surface area contributed by atoms with Crippen LogP contribution in [0.15, 0.2) is 59.6 Å². The Labute approximate surface area is 184 Å². The maximum Gasteiger partial charge on any atom is 0.257 e. The highest BCUT2D eigenvalue weighted by Gasteiger charge is 2.27. The lowest BCUT2D eigenvalue weighted by atomic mass is 9.94. The number of methoxy groups -OCH3 is 1. The topological polar surface area (TPSA) is 57.2 Å². The Morgan fingerprint density at radius 2 is 1.61 bits per heavy atom. The van der Waals surface area contributed by atoms with Gasteiger partial charge < -0.3 is 9.64 Å². The van der Waals surface area contributed by atoms with Gasteiger partial charge in [-0.1, -0.05) is 37.5 Å². The van der Waals surface area contributed by atoms with Crippen molar-refractivity contribution in [3.8, 4) is 5.75 Å². The average Bonchev–Trinajstić information content (AvgIpc) is 2.85. The molecule has 2 aromatic rings. The lowest BCUT2D eigenvalue weighted by molar-refractivity contribution is 0.0943. The fourth-order valence-corrected chi connectivity index (χ4v) is 4.46. The van der Waals surface area contributed by atoms with Gasteiger partial charge in [0, 0.05) is 37.8 Å². The van der Waals surface area contributed by atoms with Gasteiger partial charge in [-0.15, -0.1) is 0 Å². The number of hydrogen-bond donors (Lipinski definition) is 1. The van der Waals surface area contributed by atoms with E-state index in [1.807, 2.05) is 30.3 Å². The number of ether oxygens (including phenoxy) is 1. The highest BCUT2D eigenvalue weighted by atomic mass is 16.5. The molecular weight excluding hydrogens is 388 g/mol. The van der Waals surface area contributed by atoms with Crippen LogP contribution in [0.4, 0.5) is 5.69 Å². The fraction of sp³-hybridized carbons (Fsp3) is 0.440. The van der Waals surface area contributed by atoms with Crippen molar-refractivity contribution >= 4 is 17.6 Å². The monoisotopic (exact) mass is 420 g/mol. The Kier molecular flexibility index (Phi) is 7.20. The van der Waals surface area contributed by atoms with Gasteiger partial charge in [-0.25, -0.2) is 4.99 Å². The van der Waals surface area contributed by atoms with Crippen LogP contribution in [0.1, 0.15) is 42.5 Å². The van der Waals surface area contributed by atoms with Crippen LogP contribution in [0, 0.1) is 0 Å². The van der Waals surface area contributed by atoms with E-state index in [1.165, 1.54) is 32.1 Å². The standard InChI is InChI=1S/C25H32N4O2/c1-31-23-14-12-20(13-15-23)24(30)27-25(26-21-8-4-2-5-9-21)29-18-16-28(17-19-29)22-10-6-3-7-11-22/h2,4-5,8-9,12-15,22H,3,6-7,10-11,16-19H2,1H3,(H,26,27,30). The summed E-state index contributed by atoms with van der Waals surface area (Å²) in [7, 11) is 1.62. The molecule has 6 heteroatoms. The predicted molar refractivity (Wildman–Crippen MR) is 124 cm³/mol. The summed E-state index contributed by atoms with van der Waals surface area (Å²) in [6.45, 7) is 3.75. The zero-order valence-electron chi connectivity index (χ0n) is 18.3. The second-order valence-electron chi connectivity index (χ2n) is 8.27. The molecule has 1 N–H and O–H groups in total. The van der Waals surface area contributed by atoms with Crippen molar-refractivity contribution < 1.29 is 9.53 Å². The zero-order chi connectivity index (χ0) is 21.5. The van der Waals surface area contributed by atoms with Crippen molar-refractivity contribution in [1.29, 1.82) is 0 Å². The fourth-order valence-electron chi connectivity index (χ4n) is 4.46. The first-order chi connectivity index (χ1) is 15.2. The highest BCUT2D eigenvalue weighted by Crippen LogP contribution is 2.24. The molecule has 1 amide bonds. The molecule has 1 aliphatic heterocycles.